The van der Waals surface area contributed by atoms with Gasteiger partial charge in [0.05, 0.1) is 17.3 Å². The second-order valence-electron chi connectivity index (χ2n) is 6.16. The molecule has 0 aliphatic carbocycles. The summed E-state index contributed by atoms with van der Waals surface area (Å²) in [5.41, 5.74) is 2.46. The average molecular weight is 386 g/mol. The van der Waals surface area contributed by atoms with E-state index in [1.807, 2.05) is 37.3 Å². The third-order valence-corrected chi connectivity index (χ3v) is 4.61. The zero-order valence-corrected chi connectivity index (χ0v) is 15.3. The second kappa shape index (κ2) is 7.32. The molecule has 0 radical (unpaired) electrons. The van der Waals surface area contributed by atoms with E-state index in [9.17, 15) is 4.39 Å². The number of anilines is 1. The number of H-pyrrole nitrogens is 1. The Bertz CT molecular complexity index is 1090. The molecule has 140 valence electrons. The number of rotatable bonds is 5. The minimum atomic E-state index is -0.496. The molecule has 0 amide bonds. The quantitative estimate of drug-likeness (QED) is 0.451. The number of nitrogens with zero attached hydrogens (tertiary/aromatic N) is 3. The summed E-state index contributed by atoms with van der Waals surface area (Å²) in [7, 11) is 0. The number of aromatic nitrogens is 4. The lowest BCUT2D eigenvalue weighted by Gasteiger charge is -2.18. The van der Waals surface area contributed by atoms with Gasteiger partial charge in [-0.1, -0.05) is 48.9 Å². The van der Waals surface area contributed by atoms with Gasteiger partial charge in [-0.05, 0) is 18.1 Å². The highest BCUT2D eigenvalue weighted by Gasteiger charge is 2.16. The minimum Gasteiger partial charge on any atom is -0.361 e. The Balaban J connectivity index is 0.00000150. The Morgan fingerprint density at radius 2 is 2.04 bits per heavy atom. The van der Waals surface area contributed by atoms with Crippen molar-refractivity contribution < 1.29 is 7.24 Å². The molecule has 4 rings (SSSR count). The largest absolute Gasteiger partial charge is 0.361 e. The van der Waals surface area contributed by atoms with Crippen molar-refractivity contribution in [1.29, 1.82) is 0 Å². The van der Waals surface area contributed by atoms with Crippen molar-refractivity contribution in [3.8, 4) is 11.4 Å². The van der Waals surface area contributed by atoms with Crippen LogP contribution in [-0.4, -0.2) is 19.9 Å². The van der Waals surface area contributed by atoms with E-state index >= 15 is 0 Å². The van der Waals surface area contributed by atoms with Gasteiger partial charge in [0.1, 0.15) is 5.65 Å². The maximum Gasteiger partial charge on any atom is 0.183 e. The maximum absolute atomic E-state index is 14.4. The number of hydrogen-bond acceptors (Lipinski definition) is 4. The first-order valence-electron chi connectivity index (χ1n) is 8.62. The van der Waals surface area contributed by atoms with E-state index in [2.05, 4.69) is 25.3 Å². The summed E-state index contributed by atoms with van der Waals surface area (Å²) in [6.07, 6.45) is 5.28. The van der Waals surface area contributed by atoms with Gasteiger partial charge in [-0.25, -0.2) is 19.3 Å². The lowest BCUT2D eigenvalue weighted by atomic mass is 10.0. The van der Waals surface area contributed by atoms with Gasteiger partial charge >= 0.3 is 0 Å². The molecule has 0 saturated carbocycles. The predicted molar refractivity (Wildman–Crippen MR) is 109 cm³/mol. The molecule has 2 N–H and O–H groups in total. The number of halogens is 2. The molecule has 0 saturated heterocycles. The Hall–Kier alpha value is -2.99. The molecule has 0 aliphatic heterocycles. The van der Waals surface area contributed by atoms with Crippen LogP contribution in [0.1, 0.15) is 27.8 Å². The topological polar surface area (TPSA) is 66.5 Å². The summed E-state index contributed by atoms with van der Waals surface area (Å²) in [5, 5.41) is 4.50. The van der Waals surface area contributed by atoms with Crippen LogP contribution in [0, 0.1) is 5.82 Å². The summed E-state index contributed by atoms with van der Waals surface area (Å²) >= 11 is 6.06. The molecule has 0 aliphatic rings. The van der Waals surface area contributed by atoms with Gasteiger partial charge in [-0.3, -0.25) is 0 Å². The molecule has 3 aromatic heterocycles. The summed E-state index contributed by atoms with van der Waals surface area (Å²) < 4.78 is 14.4. The summed E-state index contributed by atoms with van der Waals surface area (Å²) in [4.78, 5) is 15.9. The van der Waals surface area contributed by atoms with Crippen LogP contribution >= 0.6 is 11.6 Å². The second-order valence-corrected chi connectivity index (χ2v) is 6.59. The van der Waals surface area contributed by atoms with Crippen molar-refractivity contribution in [2.75, 3.05) is 5.32 Å². The van der Waals surface area contributed by atoms with Crippen molar-refractivity contribution in [3.63, 3.8) is 0 Å². The number of fused-ring (bicyclic) bond motifs is 1. The minimum absolute atomic E-state index is 0. The Labute approximate surface area is 163 Å². The lowest BCUT2D eigenvalue weighted by molar-refractivity contribution is 0.610. The third-order valence-electron chi connectivity index (χ3n) is 4.40. The molecule has 27 heavy (non-hydrogen) atoms. The molecule has 1 atom stereocenters. The van der Waals surface area contributed by atoms with Crippen LogP contribution in [0.25, 0.3) is 22.4 Å². The van der Waals surface area contributed by atoms with Crippen molar-refractivity contribution in [2.45, 2.75) is 19.4 Å². The fourth-order valence-corrected chi connectivity index (χ4v) is 3.19. The van der Waals surface area contributed by atoms with Crippen molar-refractivity contribution in [1.82, 2.24) is 19.9 Å². The molecule has 0 unspecified atom stereocenters. The monoisotopic (exact) mass is 385 g/mol. The van der Waals surface area contributed by atoms with Crippen molar-refractivity contribution >= 4 is 28.5 Å². The SMILES string of the molecule is CC[C@H](Nc1nc(-c2c[nH]c3ncc(Cl)cc23)ncc1F)c1ccccc1.[HH].[HH]. The summed E-state index contributed by atoms with van der Waals surface area (Å²) in [6, 6.07) is 11.6. The number of aromatic amines is 1. The number of hydrogen-bond donors (Lipinski definition) is 2. The molecule has 4 aromatic rings. The van der Waals surface area contributed by atoms with Gasteiger partial charge < -0.3 is 10.3 Å². The third kappa shape index (κ3) is 3.48. The summed E-state index contributed by atoms with van der Waals surface area (Å²) in [5.74, 6) is 0.0706. The van der Waals surface area contributed by atoms with Crippen LogP contribution in [0.15, 0.2) is 55.0 Å². The maximum atomic E-state index is 14.4. The van der Waals surface area contributed by atoms with Crippen molar-refractivity contribution in [3.05, 3.63) is 71.4 Å². The molecule has 0 fully saturated rings. The van der Waals surface area contributed by atoms with Gasteiger partial charge in [0.2, 0.25) is 0 Å². The van der Waals surface area contributed by atoms with E-state index in [1.165, 1.54) is 6.20 Å². The fraction of sp³-hybridized carbons (Fsp3) is 0.150. The highest BCUT2D eigenvalue weighted by molar-refractivity contribution is 6.31. The zero-order chi connectivity index (χ0) is 18.8. The lowest BCUT2D eigenvalue weighted by Crippen LogP contribution is -2.12. The van der Waals surface area contributed by atoms with Crippen LogP contribution in [-0.2, 0) is 0 Å². The number of benzene rings is 1. The van der Waals surface area contributed by atoms with Crippen LogP contribution in [0.5, 0.6) is 0 Å². The van der Waals surface area contributed by atoms with Crippen LogP contribution in [0.2, 0.25) is 5.02 Å². The molecular formula is C20H21ClFN5. The van der Waals surface area contributed by atoms with Crippen LogP contribution < -0.4 is 5.32 Å². The average Bonchev–Trinajstić information content (AvgIpc) is 3.11. The van der Waals surface area contributed by atoms with Gasteiger partial charge in [0.15, 0.2) is 17.5 Å². The fourth-order valence-electron chi connectivity index (χ4n) is 3.03. The molecular weight excluding hydrogens is 365 g/mol. The normalized spacial score (nSPS) is 12.3. The highest BCUT2D eigenvalue weighted by Crippen LogP contribution is 2.29. The number of nitrogens with one attached hydrogen (secondary N) is 2. The molecule has 1 aromatic carbocycles. The number of pyridine rings is 1. The van der Waals surface area contributed by atoms with Crippen molar-refractivity contribution in [2.24, 2.45) is 0 Å². The summed E-state index contributed by atoms with van der Waals surface area (Å²) in [6.45, 7) is 2.04. The van der Waals surface area contributed by atoms with Crippen LogP contribution in [0.3, 0.4) is 0 Å². The Morgan fingerprint density at radius 1 is 1.22 bits per heavy atom. The highest BCUT2D eigenvalue weighted by atomic mass is 35.5. The molecule has 0 bridgehead atoms. The first-order chi connectivity index (χ1) is 13.2. The van der Waals surface area contributed by atoms with Gasteiger partial charge in [0, 0.05) is 26.2 Å². The molecule has 7 heteroatoms. The smallest absolute Gasteiger partial charge is 0.183 e. The Morgan fingerprint density at radius 3 is 2.81 bits per heavy atom. The first kappa shape index (κ1) is 17.4. The van der Waals surface area contributed by atoms with Gasteiger partial charge in [-0.2, -0.15) is 0 Å². The van der Waals surface area contributed by atoms with Gasteiger partial charge in [0.25, 0.3) is 0 Å². The molecule has 5 nitrogen and oxygen atoms in total. The zero-order valence-electron chi connectivity index (χ0n) is 14.6. The first-order valence-corrected chi connectivity index (χ1v) is 9.00. The van der Waals surface area contributed by atoms with Gasteiger partial charge in [-0.15, -0.1) is 0 Å². The van der Waals surface area contributed by atoms with E-state index in [4.69, 9.17) is 11.6 Å². The van der Waals surface area contributed by atoms with Crippen LogP contribution in [0.4, 0.5) is 10.2 Å². The Kier molecular flexibility index (Phi) is 4.73. The predicted octanol–water partition coefficient (Wildman–Crippen LogP) is 5.87. The van der Waals surface area contributed by atoms with E-state index in [0.29, 0.717) is 16.5 Å². The molecule has 0 spiro atoms. The van der Waals surface area contributed by atoms with E-state index in [-0.39, 0.29) is 14.7 Å². The molecule has 3 heterocycles. The van der Waals surface area contributed by atoms with E-state index < -0.39 is 5.82 Å². The van der Waals surface area contributed by atoms with E-state index in [1.54, 1.807) is 18.5 Å². The standard InChI is InChI=1S/C20H17ClFN5.2H2/c1-2-17(12-6-4-3-5-7-12)26-20-16(22)11-25-19(27-20)15-10-24-18-14(15)8-13(21)9-23-18;;/h3-11,17H,2H2,1H3,(H,23,24)(H,25,26,27);2*1H/t17-;;/m0../s1. The van der Waals surface area contributed by atoms with E-state index in [0.717, 1.165) is 22.9 Å².